The van der Waals surface area contributed by atoms with E-state index in [-0.39, 0.29) is 0 Å². The molecule has 0 aliphatic carbocycles. The van der Waals surface area contributed by atoms with Crippen molar-refractivity contribution in [3.05, 3.63) is 46.4 Å². The van der Waals surface area contributed by atoms with Gasteiger partial charge in [0.05, 0.1) is 11.1 Å². The lowest BCUT2D eigenvalue weighted by Crippen LogP contribution is -2.25. The molecule has 3 aromatic rings. The molecule has 0 spiro atoms. The third kappa shape index (κ3) is 3.62. The Morgan fingerprint density at radius 2 is 1.68 bits per heavy atom. The van der Waals surface area contributed by atoms with Crippen LogP contribution in [0.1, 0.15) is 54.8 Å². The van der Waals surface area contributed by atoms with E-state index in [1.807, 2.05) is 32.9 Å². The van der Waals surface area contributed by atoms with Crippen LogP contribution in [0.5, 0.6) is 0 Å². The Kier molecular flexibility index (Phi) is 6.01. The standard InChI is InChI=1S/C23H31FN4/c1-7-9-10-27(8-2)22-20-17(5)14-28(23(20)26-18(6)25-22)21-15(3)11-19(13-24)12-16(21)4/h11-12,14H,7-10,13H2,1-6H3. The van der Waals surface area contributed by atoms with Gasteiger partial charge in [0.25, 0.3) is 0 Å². The molecule has 28 heavy (non-hydrogen) atoms. The number of anilines is 1. The van der Waals surface area contributed by atoms with Gasteiger partial charge in [-0.1, -0.05) is 25.5 Å². The van der Waals surface area contributed by atoms with E-state index < -0.39 is 6.67 Å². The number of rotatable bonds is 7. The van der Waals surface area contributed by atoms with Gasteiger partial charge in [-0.3, -0.25) is 0 Å². The van der Waals surface area contributed by atoms with Gasteiger partial charge in [-0.15, -0.1) is 0 Å². The second-order valence-electron chi connectivity index (χ2n) is 7.62. The second-order valence-corrected chi connectivity index (χ2v) is 7.62. The number of hydrogen-bond acceptors (Lipinski definition) is 3. The van der Waals surface area contributed by atoms with Gasteiger partial charge in [-0.05, 0) is 63.3 Å². The summed E-state index contributed by atoms with van der Waals surface area (Å²) in [7, 11) is 0. The van der Waals surface area contributed by atoms with E-state index in [4.69, 9.17) is 9.97 Å². The highest BCUT2D eigenvalue weighted by atomic mass is 19.1. The fourth-order valence-corrected chi connectivity index (χ4v) is 4.05. The molecule has 4 nitrogen and oxygen atoms in total. The molecule has 150 valence electrons. The van der Waals surface area contributed by atoms with Crippen molar-refractivity contribution in [2.75, 3.05) is 18.0 Å². The molecule has 1 aromatic carbocycles. The molecule has 0 saturated heterocycles. The molecule has 2 aromatic heterocycles. The monoisotopic (exact) mass is 382 g/mol. The van der Waals surface area contributed by atoms with Crippen molar-refractivity contribution in [1.29, 1.82) is 0 Å². The van der Waals surface area contributed by atoms with Crippen LogP contribution in [0.25, 0.3) is 16.7 Å². The number of fused-ring (bicyclic) bond motifs is 1. The van der Waals surface area contributed by atoms with Gasteiger partial charge in [0, 0.05) is 19.3 Å². The molecule has 0 aliphatic heterocycles. The molecular formula is C23H31FN4. The van der Waals surface area contributed by atoms with E-state index in [1.54, 1.807) is 0 Å². The lowest BCUT2D eigenvalue weighted by Gasteiger charge is -2.23. The molecule has 0 amide bonds. The Bertz CT molecular complexity index is 967. The zero-order valence-electron chi connectivity index (χ0n) is 17.9. The molecule has 2 heterocycles. The van der Waals surface area contributed by atoms with E-state index in [0.29, 0.717) is 0 Å². The number of hydrogen-bond donors (Lipinski definition) is 0. The zero-order chi connectivity index (χ0) is 20.4. The van der Waals surface area contributed by atoms with Crippen LogP contribution in [0.4, 0.5) is 10.2 Å². The van der Waals surface area contributed by atoms with E-state index in [9.17, 15) is 4.39 Å². The summed E-state index contributed by atoms with van der Waals surface area (Å²) in [5, 5.41) is 1.11. The predicted molar refractivity (Wildman–Crippen MR) is 115 cm³/mol. The minimum atomic E-state index is -0.443. The maximum atomic E-state index is 13.2. The Morgan fingerprint density at radius 1 is 1.00 bits per heavy atom. The Labute approximate surface area is 167 Å². The fraction of sp³-hybridized carbons (Fsp3) is 0.478. The predicted octanol–water partition coefficient (Wildman–Crippen LogP) is 5.75. The topological polar surface area (TPSA) is 34.0 Å². The fourth-order valence-electron chi connectivity index (χ4n) is 4.05. The molecule has 3 rings (SSSR count). The average Bonchev–Trinajstić information content (AvgIpc) is 2.97. The van der Waals surface area contributed by atoms with Crippen LogP contribution in [-0.4, -0.2) is 27.6 Å². The van der Waals surface area contributed by atoms with Gasteiger partial charge in [0.2, 0.25) is 0 Å². The summed E-state index contributed by atoms with van der Waals surface area (Å²) in [5.41, 5.74) is 6.00. The number of aryl methyl sites for hydroxylation is 4. The number of nitrogens with zero attached hydrogens (tertiary/aromatic N) is 4. The summed E-state index contributed by atoms with van der Waals surface area (Å²) < 4.78 is 15.3. The van der Waals surface area contributed by atoms with Crippen molar-refractivity contribution in [2.45, 2.75) is 61.1 Å². The van der Waals surface area contributed by atoms with Crippen LogP contribution in [0.2, 0.25) is 0 Å². The van der Waals surface area contributed by atoms with Crippen molar-refractivity contribution in [3.8, 4) is 5.69 Å². The van der Waals surface area contributed by atoms with Gasteiger partial charge in [-0.25, -0.2) is 14.4 Å². The van der Waals surface area contributed by atoms with Crippen LogP contribution >= 0.6 is 0 Å². The number of alkyl halides is 1. The van der Waals surface area contributed by atoms with Gasteiger partial charge < -0.3 is 9.47 Å². The molecule has 0 atom stereocenters. The maximum absolute atomic E-state index is 13.2. The summed E-state index contributed by atoms with van der Waals surface area (Å²) in [5.74, 6) is 1.79. The summed E-state index contributed by atoms with van der Waals surface area (Å²) in [4.78, 5) is 12.0. The lowest BCUT2D eigenvalue weighted by molar-refractivity contribution is 0.485. The SMILES string of the molecule is CCCCN(CC)c1nc(C)nc2c1c(C)cn2-c1c(C)cc(CF)cc1C. The van der Waals surface area contributed by atoms with Crippen molar-refractivity contribution >= 4 is 16.9 Å². The number of benzene rings is 1. The lowest BCUT2D eigenvalue weighted by atomic mass is 10.0. The van der Waals surface area contributed by atoms with Crippen molar-refractivity contribution < 1.29 is 4.39 Å². The van der Waals surface area contributed by atoms with Gasteiger partial charge in [0.15, 0.2) is 5.65 Å². The molecule has 0 radical (unpaired) electrons. The van der Waals surface area contributed by atoms with Crippen LogP contribution in [0.3, 0.4) is 0 Å². The third-order valence-electron chi connectivity index (χ3n) is 5.34. The van der Waals surface area contributed by atoms with Gasteiger partial charge in [0.1, 0.15) is 18.3 Å². The number of aromatic nitrogens is 3. The van der Waals surface area contributed by atoms with Crippen molar-refractivity contribution in [2.24, 2.45) is 0 Å². The first-order valence-electron chi connectivity index (χ1n) is 10.2. The molecular weight excluding hydrogens is 351 g/mol. The average molecular weight is 383 g/mol. The normalized spacial score (nSPS) is 11.4. The van der Waals surface area contributed by atoms with Crippen LogP contribution < -0.4 is 4.90 Å². The molecule has 0 bridgehead atoms. The third-order valence-corrected chi connectivity index (χ3v) is 5.34. The van der Waals surface area contributed by atoms with Crippen LogP contribution in [-0.2, 0) is 6.67 Å². The van der Waals surface area contributed by atoms with Gasteiger partial charge >= 0.3 is 0 Å². The molecule has 0 fully saturated rings. The Balaban J connectivity index is 2.26. The highest BCUT2D eigenvalue weighted by molar-refractivity contribution is 5.92. The first-order chi connectivity index (χ1) is 13.4. The first kappa shape index (κ1) is 20.3. The van der Waals surface area contributed by atoms with Crippen molar-refractivity contribution in [1.82, 2.24) is 14.5 Å². The molecule has 0 unspecified atom stereocenters. The minimum Gasteiger partial charge on any atom is -0.356 e. The van der Waals surface area contributed by atoms with E-state index in [0.717, 1.165) is 76.5 Å². The molecule has 0 N–H and O–H groups in total. The van der Waals surface area contributed by atoms with Crippen LogP contribution in [0.15, 0.2) is 18.3 Å². The van der Waals surface area contributed by atoms with E-state index in [2.05, 4.69) is 36.4 Å². The number of halogens is 1. The molecule has 5 heteroatoms. The highest BCUT2D eigenvalue weighted by Gasteiger charge is 2.20. The van der Waals surface area contributed by atoms with Crippen LogP contribution in [0, 0.1) is 27.7 Å². The van der Waals surface area contributed by atoms with E-state index in [1.165, 1.54) is 0 Å². The Morgan fingerprint density at radius 3 is 2.25 bits per heavy atom. The summed E-state index contributed by atoms with van der Waals surface area (Å²) >= 11 is 0. The zero-order valence-corrected chi connectivity index (χ0v) is 17.9. The Hall–Kier alpha value is -2.43. The smallest absolute Gasteiger partial charge is 0.150 e. The minimum absolute atomic E-state index is 0.443. The maximum Gasteiger partial charge on any atom is 0.150 e. The van der Waals surface area contributed by atoms with Crippen molar-refractivity contribution in [3.63, 3.8) is 0 Å². The number of unbranched alkanes of at least 4 members (excludes halogenated alkanes) is 1. The molecule has 0 aliphatic rings. The summed E-state index contributed by atoms with van der Waals surface area (Å²) in [6, 6.07) is 3.86. The summed E-state index contributed by atoms with van der Waals surface area (Å²) in [6.07, 6.45) is 4.43. The quantitative estimate of drug-likeness (QED) is 0.522. The largest absolute Gasteiger partial charge is 0.356 e. The van der Waals surface area contributed by atoms with E-state index >= 15 is 0 Å². The summed E-state index contributed by atoms with van der Waals surface area (Å²) in [6.45, 7) is 14.0. The van der Waals surface area contributed by atoms with Gasteiger partial charge in [-0.2, -0.15) is 0 Å². The highest BCUT2D eigenvalue weighted by Crippen LogP contribution is 2.33. The molecule has 0 saturated carbocycles. The second kappa shape index (κ2) is 8.29. The first-order valence-corrected chi connectivity index (χ1v) is 10.2.